The number of hydrogen-bond donors (Lipinski definition) is 0. The molecule has 0 unspecified atom stereocenters. The van der Waals surface area contributed by atoms with E-state index in [1.165, 1.54) is 42.9 Å². The van der Waals surface area contributed by atoms with E-state index >= 15 is 0 Å². The molecule has 2 nitrogen and oxygen atoms in total. The first-order valence-corrected chi connectivity index (χ1v) is 8.47. The van der Waals surface area contributed by atoms with E-state index in [2.05, 4.69) is 53.1 Å². The summed E-state index contributed by atoms with van der Waals surface area (Å²) in [5.41, 5.74) is 3.78. The zero-order chi connectivity index (χ0) is 15.4. The average molecular weight is 315 g/mol. The molecule has 0 spiro atoms. The highest BCUT2D eigenvalue weighted by molar-refractivity contribution is 6.30. The largest absolute Gasteiger partial charge is 0.369 e. The van der Waals surface area contributed by atoms with Crippen LogP contribution in [-0.2, 0) is 0 Å². The minimum absolute atomic E-state index is 0.783. The van der Waals surface area contributed by atoms with Crippen LogP contribution in [0.4, 0.5) is 5.69 Å². The Labute approximate surface area is 138 Å². The first kappa shape index (κ1) is 15.4. The lowest BCUT2D eigenvalue weighted by Crippen LogP contribution is -2.46. The van der Waals surface area contributed by atoms with Gasteiger partial charge >= 0.3 is 0 Å². The molecule has 3 heteroatoms. The molecule has 2 aromatic carbocycles. The lowest BCUT2D eigenvalue weighted by atomic mass is 10.1. The van der Waals surface area contributed by atoms with Gasteiger partial charge in [0.1, 0.15) is 0 Å². The Morgan fingerprint density at radius 2 is 1.36 bits per heavy atom. The SMILES string of the molecule is CCCN1CCN(c2ccc(-c3ccc(Cl)cc3)cc2)CC1. The summed E-state index contributed by atoms with van der Waals surface area (Å²) in [5, 5.41) is 0.783. The first-order valence-electron chi connectivity index (χ1n) is 8.09. The van der Waals surface area contributed by atoms with Crippen molar-refractivity contribution in [1.82, 2.24) is 4.90 Å². The summed E-state index contributed by atoms with van der Waals surface area (Å²) >= 11 is 5.95. The smallest absolute Gasteiger partial charge is 0.0406 e. The van der Waals surface area contributed by atoms with Gasteiger partial charge in [-0.2, -0.15) is 0 Å². The van der Waals surface area contributed by atoms with E-state index in [9.17, 15) is 0 Å². The number of nitrogens with zero attached hydrogens (tertiary/aromatic N) is 2. The lowest BCUT2D eigenvalue weighted by molar-refractivity contribution is 0.258. The third-order valence-electron chi connectivity index (χ3n) is 4.32. The second-order valence-corrected chi connectivity index (χ2v) is 6.32. The van der Waals surface area contributed by atoms with Crippen molar-refractivity contribution in [3.05, 3.63) is 53.6 Å². The highest BCUT2D eigenvalue weighted by atomic mass is 35.5. The van der Waals surface area contributed by atoms with Crippen molar-refractivity contribution in [1.29, 1.82) is 0 Å². The molecule has 1 aliphatic rings. The third-order valence-corrected chi connectivity index (χ3v) is 4.57. The van der Waals surface area contributed by atoms with Crippen molar-refractivity contribution in [3.63, 3.8) is 0 Å². The molecule has 0 bridgehead atoms. The fourth-order valence-electron chi connectivity index (χ4n) is 3.05. The van der Waals surface area contributed by atoms with Crippen LogP contribution in [0.5, 0.6) is 0 Å². The van der Waals surface area contributed by atoms with Crippen molar-refractivity contribution in [3.8, 4) is 11.1 Å². The van der Waals surface area contributed by atoms with Gasteiger partial charge in [0.05, 0.1) is 0 Å². The number of anilines is 1. The normalized spacial score (nSPS) is 16.0. The van der Waals surface area contributed by atoms with Crippen molar-refractivity contribution in [2.24, 2.45) is 0 Å². The molecular formula is C19H23ClN2. The molecule has 0 amide bonds. The molecule has 1 saturated heterocycles. The van der Waals surface area contributed by atoms with E-state index in [1.54, 1.807) is 0 Å². The van der Waals surface area contributed by atoms with E-state index in [0.717, 1.165) is 18.1 Å². The molecule has 22 heavy (non-hydrogen) atoms. The van der Waals surface area contributed by atoms with Crippen LogP contribution in [0.3, 0.4) is 0 Å². The maximum Gasteiger partial charge on any atom is 0.0406 e. The summed E-state index contributed by atoms with van der Waals surface area (Å²) in [5.74, 6) is 0. The van der Waals surface area contributed by atoms with Crippen molar-refractivity contribution < 1.29 is 0 Å². The number of rotatable bonds is 4. The fraction of sp³-hybridized carbons (Fsp3) is 0.368. The molecule has 0 atom stereocenters. The van der Waals surface area contributed by atoms with Gasteiger partial charge in [-0.1, -0.05) is 42.8 Å². The summed E-state index contributed by atoms with van der Waals surface area (Å²) in [7, 11) is 0. The zero-order valence-electron chi connectivity index (χ0n) is 13.1. The molecule has 0 radical (unpaired) electrons. The van der Waals surface area contributed by atoms with Gasteiger partial charge in [-0.05, 0) is 48.4 Å². The van der Waals surface area contributed by atoms with Crippen molar-refractivity contribution in [2.45, 2.75) is 13.3 Å². The van der Waals surface area contributed by atoms with Gasteiger partial charge in [-0.25, -0.2) is 0 Å². The van der Waals surface area contributed by atoms with Gasteiger partial charge in [-0.15, -0.1) is 0 Å². The summed E-state index contributed by atoms with van der Waals surface area (Å²) in [6, 6.07) is 16.9. The van der Waals surface area contributed by atoms with Crippen LogP contribution in [-0.4, -0.2) is 37.6 Å². The molecule has 1 aliphatic heterocycles. The van der Waals surface area contributed by atoms with Crippen LogP contribution in [0.15, 0.2) is 48.5 Å². The maximum atomic E-state index is 5.95. The molecule has 2 aromatic rings. The number of halogens is 1. The predicted molar refractivity (Wildman–Crippen MR) is 95.8 cm³/mol. The Morgan fingerprint density at radius 3 is 1.91 bits per heavy atom. The molecular weight excluding hydrogens is 292 g/mol. The van der Waals surface area contributed by atoms with Crippen molar-refractivity contribution in [2.75, 3.05) is 37.6 Å². The minimum atomic E-state index is 0.783. The second kappa shape index (κ2) is 7.17. The van der Waals surface area contributed by atoms with E-state index in [1.807, 2.05) is 12.1 Å². The van der Waals surface area contributed by atoms with E-state index in [4.69, 9.17) is 11.6 Å². The van der Waals surface area contributed by atoms with Gasteiger partial charge in [0.15, 0.2) is 0 Å². The molecule has 1 fully saturated rings. The highest BCUT2D eigenvalue weighted by Gasteiger charge is 2.16. The van der Waals surface area contributed by atoms with Gasteiger partial charge < -0.3 is 4.90 Å². The number of hydrogen-bond acceptors (Lipinski definition) is 2. The Hall–Kier alpha value is -1.51. The van der Waals surface area contributed by atoms with Gasteiger partial charge in [0.2, 0.25) is 0 Å². The zero-order valence-corrected chi connectivity index (χ0v) is 13.9. The van der Waals surface area contributed by atoms with Crippen LogP contribution >= 0.6 is 11.6 Å². The van der Waals surface area contributed by atoms with Gasteiger partial charge in [-0.3, -0.25) is 4.90 Å². The standard InChI is InChI=1S/C19H23ClN2/c1-2-11-21-12-14-22(15-13-21)19-9-5-17(6-10-19)16-3-7-18(20)8-4-16/h3-10H,2,11-15H2,1H3. The van der Waals surface area contributed by atoms with Crippen LogP contribution in [0.1, 0.15) is 13.3 Å². The summed E-state index contributed by atoms with van der Waals surface area (Å²) in [6.45, 7) is 8.07. The van der Waals surface area contributed by atoms with Gasteiger partial charge in [0, 0.05) is 36.9 Å². The van der Waals surface area contributed by atoms with E-state index in [0.29, 0.717) is 0 Å². The molecule has 116 valence electrons. The monoisotopic (exact) mass is 314 g/mol. The quantitative estimate of drug-likeness (QED) is 0.817. The van der Waals surface area contributed by atoms with E-state index < -0.39 is 0 Å². The van der Waals surface area contributed by atoms with Crippen LogP contribution in [0.2, 0.25) is 5.02 Å². The number of piperazine rings is 1. The third kappa shape index (κ3) is 3.63. The van der Waals surface area contributed by atoms with E-state index in [-0.39, 0.29) is 0 Å². The maximum absolute atomic E-state index is 5.95. The van der Waals surface area contributed by atoms with Crippen LogP contribution < -0.4 is 4.90 Å². The van der Waals surface area contributed by atoms with Crippen LogP contribution in [0.25, 0.3) is 11.1 Å². The summed E-state index contributed by atoms with van der Waals surface area (Å²) in [4.78, 5) is 5.04. The molecule has 0 aromatic heterocycles. The summed E-state index contributed by atoms with van der Waals surface area (Å²) in [6.07, 6.45) is 1.25. The molecule has 0 saturated carbocycles. The second-order valence-electron chi connectivity index (χ2n) is 5.88. The van der Waals surface area contributed by atoms with Gasteiger partial charge in [0.25, 0.3) is 0 Å². The fourth-order valence-corrected chi connectivity index (χ4v) is 3.18. The molecule has 0 N–H and O–H groups in total. The molecule has 0 aliphatic carbocycles. The number of benzene rings is 2. The minimum Gasteiger partial charge on any atom is -0.369 e. The Balaban J connectivity index is 1.66. The molecule has 1 heterocycles. The summed E-state index contributed by atoms with van der Waals surface area (Å²) < 4.78 is 0. The lowest BCUT2D eigenvalue weighted by Gasteiger charge is -2.36. The Kier molecular flexibility index (Phi) is 5.01. The predicted octanol–water partition coefficient (Wildman–Crippen LogP) is 4.54. The van der Waals surface area contributed by atoms with Crippen LogP contribution in [0, 0.1) is 0 Å². The first-order chi connectivity index (χ1) is 10.8. The molecule has 3 rings (SSSR count). The topological polar surface area (TPSA) is 6.48 Å². The highest BCUT2D eigenvalue weighted by Crippen LogP contribution is 2.25. The Bertz CT molecular complexity index is 584. The Morgan fingerprint density at radius 1 is 0.818 bits per heavy atom. The average Bonchev–Trinajstić information content (AvgIpc) is 2.57. The van der Waals surface area contributed by atoms with Crippen molar-refractivity contribution >= 4 is 17.3 Å².